The van der Waals surface area contributed by atoms with Crippen molar-refractivity contribution in [2.24, 2.45) is 0 Å². The van der Waals surface area contributed by atoms with Crippen LogP contribution in [0, 0.1) is 0 Å². The first kappa shape index (κ1) is 32.0. The van der Waals surface area contributed by atoms with Crippen LogP contribution in [0.1, 0.15) is 62.3 Å². The third-order valence-electron chi connectivity index (χ3n) is 1.36. The topological polar surface area (TPSA) is 71.4 Å². The smallest absolute Gasteiger partial charge is 0.673 e. The molecule has 1 aromatic carbocycles. The van der Waals surface area contributed by atoms with Gasteiger partial charge < -0.3 is 17.2 Å². The molecule has 0 aliphatic heterocycles. The van der Waals surface area contributed by atoms with E-state index in [1.54, 1.807) is 5.19 Å². The summed E-state index contributed by atoms with van der Waals surface area (Å²) in [4.78, 5) is 0. The first-order chi connectivity index (χ1) is 9.80. The average Bonchev–Trinajstić information content (AvgIpc) is 2.59. The molecule has 3 nitrogen and oxygen atoms in total. The van der Waals surface area contributed by atoms with E-state index in [0.29, 0.717) is 0 Å². The molecule has 0 heterocycles. The maximum absolute atomic E-state index is 6.94. The van der Waals surface area contributed by atoms with E-state index >= 15 is 0 Å². The van der Waals surface area contributed by atoms with E-state index in [1.807, 2.05) is 62.3 Å². The normalized spacial score (nSPS) is 11.0. The molecule has 0 amide bonds. The van der Waals surface area contributed by atoms with Crippen LogP contribution in [0.15, 0.2) is 24.3 Å². The zero-order valence-corrected chi connectivity index (χ0v) is 21.5. The van der Waals surface area contributed by atoms with E-state index < -0.39 is 8.80 Å². The van der Waals surface area contributed by atoms with Gasteiger partial charge in [0.2, 0.25) is 0 Å². The maximum Gasteiger partial charge on any atom is 4.00 e. The molecule has 0 saturated carbocycles. The predicted octanol–water partition coefficient (Wildman–Crippen LogP) is 6.61. The molecule has 0 aromatic heterocycles. The standard InChI is InChI=1S/C7H11Si.3C4H10N.Zr/c1-8(2)7-5-3-4-6-7;3*1-4(2,3)5;/h3-6,8H,1-2H3;3*5H,1-3H3;/q4*-1;+4. The molecule has 0 spiro atoms. The molecule has 5 heteroatoms. The van der Waals surface area contributed by atoms with Crippen molar-refractivity contribution in [2.45, 2.75) is 92.0 Å². The summed E-state index contributed by atoms with van der Waals surface area (Å²) in [5.41, 5.74) is 20.1. The second-order valence-corrected chi connectivity index (χ2v) is 12.1. The van der Waals surface area contributed by atoms with Crippen molar-refractivity contribution in [1.29, 1.82) is 0 Å². The molecular formula is C19H41N3SiZr. The molecule has 0 aliphatic rings. The molecule has 24 heavy (non-hydrogen) atoms. The fraction of sp³-hybridized carbons (Fsp3) is 0.737. The first-order valence-electron chi connectivity index (χ1n) is 8.27. The van der Waals surface area contributed by atoms with Crippen LogP contribution in [0.5, 0.6) is 0 Å². The average molecular weight is 431 g/mol. The van der Waals surface area contributed by atoms with Crippen LogP contribution in [0.25, 0.3) is 17.2 Å². The summed E-state index contributed by atoms with van der Waals surface area (Å²) in [5, 5.41) is 1.57. The zero-order valence-electron chi connectivity index (χ0n) is 17.9. The molecule has 1 aromatic rings. The summed E-state index contributed by atoms with van der Waals surface area (Å²) < 4.78 is 0. The summed E-state index contributed by atoms with van der Waals surface area (Å²) in [6.07, 6.45) is 0. The van der Waals surface area contributed by atoms with Gasteiger partial charge in [0.05, 0.1) is 0 Å². The molecule has 0 unspecified atom stereocenters. The van der Waals surface area contributed by atoms with Gasteiger partial charge in [-0.25, -0.2) is 12.1 Å². The van der Waals surface area contributed by atoms with E-state index in [0.717, 1.165) is 0 Å². The van der Waals surface area contributed by atoms with Gasteiger partial charge in [0.1, 0.15) is 0 Å². The summed E-state index contributed by atoms with van der Waals surface area (Å²) >= 11 is 0. The van der Waals surface area contributed by atoms with E-state index in [2.05, 4.69) is 37.4 Å². The van der Waals surface area contributed by atoms with Crippen molar-refractivity contribution in [3.8, 4) is 0 Å². The van der Waals surface area contributed by atoms with Crippen molar-refractivity contribution >= 4 is 14.0 Å². The van der Waals surface area contributed by atoms with Crippen molar-refractivity contribution in [1.82, 2.24) is 0 Å². The summed E-state index contributed by atoms with van der Waals surface area (Å²) in [7, 11) is -0.480. The molecule has 140 valence electrons. The Morgan fingerprint density at radius 3 is 0.875 bits per heavy atom. The number of rotatable bonds is 1. The molecule has 3 N–H and O–H groups in total. The van der Waals surface area contributed by atoms with Gasteiger partial charge >= 0.3 is 26.2 Å². The third-order valence-corrected chi connectivity index (χ3v) is 3.07. The fourth-order valence-corrected chi connectivity index (χ4v) is 1.77. The molecule has 0 aliphatic carbocycles. The van der Waals surface area contributed by atoms with Crippen LogP contribution in [0.2, 0.25) is 13.1 Å². The summed E-state index contributed by atoms with van der Waals surface area (Å²) in [5.74, 6) is 0. The maximum atomic E-state index is 6.94. The second-order valence-electron chi connectivity index (χ2n) is 9.12. The van der Waals surface area contributed by atoms with Gasteiger partial charge in [-0.05, 0) is 0 Å². The van der Waals surface area contributed by atoms with Gasteiger partial charge in [-0.2, -0.15) is 17.3 Å². The molecule has 0 radical (unpaired) electrons. The van der Waals surface area contributed by atoms with Crippen LogP contribution >= 0.6 is 0 Å². The Labute approximate surface area is 173 Å². The Morgan fingerprint density at radius 2 is 0.792 bits per heavy atom. The van der Waals surface area contributed by atoms with Gasteiger partial charge in [-0.15, -0.1) is 16.6 Å². The van der Waals surface area contributed by atoms with Gasteiger partial charge in [0.15, 0.2) is 0 Å². The summed E-state index contributed by atoms with van der Waals surface area (Å²) in [6.45, 7) is 21.4. The fourth-order valence-electron chi connectivity index (χ4n) is 0.774. The Kier molecular flexibility index (Phi) is 19.4. The Morgan fingerprint density at radius 1 is 0.625 bits per heavy atom. The molecule has 0 saturated heterocycles. The van der Waals surface area contributed by atoms with Gasteiger partial charge in [-0.3, -0.25) is 0 Å². The van der Waals surface area contributed by atoms with E-state index in [-0.39, 0.29) is 42.8 Å². The largest absolute Gasteiger partial charge is 4.00 e. The SMILES string of the molecule is CC(C)(C)[NH-].CC(C)(C)[NH-].CC(C)(C)[NH-].C[SiH](C)[c-]1cccc1.[Zr+4]. The van der Waals surface area contributed by atoms with Crippen molar-refractivity contribution in [3.05, 3.63) is 41.5 Å². The van der Waals surface area contributed by atoms with Gasteiger partial charge in [0.25, 0.3) is 0 Å². The van der Waals surface area contributed by atoms with Crippen LogP contribution in [0.4, 0.5) is 0 Å². The first-order valence-corrected chi connectivity index (χ1v) is 11.2. The van der Waals surface area contributed by atoms with Crippen LogP contribution < -0.4 is 5.19 Å². The van der Waals surface area contributed by atoms with Gasteiger partial charge in [-0.1, -0.05) is 75.4 Å². The summed E-state index contributed by atoms with van der Waals surface area (Å²) in [6, 6.07) is 8.67. The molecular weight excluding hydrogens is 390 g/mol. The quantitative estimate of drug-likeness (QED) is 0.355. The zero-order chi connectivity index (χ0) is 19.5. The molecule has 0 atom stereocenters. The van der Waals surface area contributed by atoms with Crippen LogP contribution in [0.3, 0.4) is 0 Å². The Bertz CT molecular complexity index is 309. The minimum absolute atomic E-state index is 0. The number of hydrogen-bond donors (Lipinski definition) is 0. The van der Waals surface area contributed by atoms with Crippen molar-refractivity contribution in [3.63, 3.8) is 0 Å². The Balaban J connectivity index is -0.000000113. The Hall–Kier alpha value is 0.330. The monoisotopic (exact) mass is 429 g/mol. The van der Waals surface area contributed by atoms with E-state index in [9.17, 15) is 0 Å². The minimum Gasteiger partial charge on any atom is -0.673 e. The molecule has 0 bridgehead atoms. The van der Waals surface area contributed by atoms with Crippen LogP contribution in [-0.4, -0.2) is 25.4 Å². The predicted molar refractivity (Wildman–Crippen MR) is 113 cm³/mol. The van der Waals surface area contributed by atoms with E-state index in [4.69, 9.17) is 17.2 Å². The van der Waals surface area contributed by atoms with Crippen LogP contribution in [-0.2, 0) is 26.2 Å². The van der Waals surface area contributed by atoms with E-state index in [1.165, 1.54) is 0 Å². The number of nitrogens with one attached hydrogen (secondary N) is 3. The van der Waals surface area contributed by atoms with Crippen molar-refractivity contribution in [2.75, 3.05) is 0 Å². The minimum atomic E-state index is -0.480. The molecule has 1 rings (SSSR count). The third kappa shape index (κ3) is 79.1. The molecule has 0 fully saturated rings. The second kappa shape index (κ2) is 14.5. The van der Waals surface area contributed by atoms with Crippen molar-refractivity contribution < 1.29 is 26.2 Å². The van der Waals surface area contributed by atoms with Gasteiger partial charge in [0, 0.05) is 8.80 Å². The number of hydrogen-bond acceptors (Lipinski definition) is 0.